The van der Waals surface area contributed by atoms with Crippen LogP contribution < -0.4 is 14.8 Å². The van der Waals surface area contributed by atoms with E-state index in [9.17, 15) is 14.4 Å². The number of fused-ring (bicyclic) bond motifs is 2. The van der Waals surface area contributed by atoms with Gasteiger partial charge in [0.25, 0.3) is 0 Å². The van der Waals surface area contributed by atoms with Gasteiger partial charge in [-0.2, -0.15) is 0 Å². The van der Waals surface area contributed by atoms with Crippen LogP contribution in [0.15, 0.2) is 30.4 Å². The average Bonchev–Trinajstić information content (AvgIpc) is 3.02. The first-order chi connectivity index (χ1) is 14.9. The first-order valence-corrected chi connectivity index (χ1v) is 11.1. The second-order valence-corrected chi connectivity index (χ2v) is 8.98. The lowest BCUT2D eigenvalue weighted by molar-refractivity contribution is -0.148. The Morgan fingerprint density at radius 2 is 1.65 bits per heavy atom. The van der Waals surface area contributed by atoms with Gasteiger partial charge >= 0.3 is 0 Å². The third kappa shape index (κ3) is 4.18. The highest BCUT2D eigenvalue weighted by molar-refractivity contribution is 6.08. The maximum atomic E-state index is 13.3. The van der Waals surface area contributed by atoms with Gasteiger partial charge in [-0.05, 0) is 49.8 Å². The van der Waals surface area contributed by atoms with Crippen LogP contribution in [0.2, 0.25) is 0 Å². The third-order valence-corrected chi connectivity index (χ3v) is 6.28. The van der Waals surface area contributed by atoms with Gasteiger partial charge < -0.3 is 14.8 Å². The molecule has 3 aliphatic rings. The monoisotopic (exact) mass is 426 g/mol. The van der Waals surface area contributed by atoms with Crippen LogP contribution in [0, 0.1) is 17.8 Å². The third-order valence-electron chi connectivity index (χ3n) is 6.28. The largest absolute Gasteiger partial charge is 0.486 e. The lowest BCUT2D eigenvalue weighted by atomic mass is 9.85. The van der Waals surface area contributed by atoms with Crippen molar-refractivity contribution in [2.45, 2.75) is 52.1 Å². The Kier molecular flexibility index (Phi) is 6.03. The highest BCUT2D eigenvalue weighted by Crippen LogP contribution is 2.37. The predicted octanol–water partition coefficient (Wildman–Crippen LogP) is 3.00. The van der Waals surface area contributed by atoms with Crippen LogP contribution >= 0.6 is 0 Å². The van der Waals surface area contributed by atoms with E-state index in [4.69, 9.17) is 9.47 Å². The molecule has 0 spiro atoms. The molecule has 0 bridgehead atoms. The molecule has 0 radical (unpaired) electrons. The van der Waals surface area contributed by atoms with Crippen LogP contribution in [0.1, 0.15) is 51.6 Å². The molecule has 31 heavy (non-hydrogen) atoms. The van der Waals surface area contributed by atoms with Crippen molar-refractivity contribution in [3.8, 4) is 11.5 Å². The smallest absolute Gasteiger partial charge is 0.243 e. The van der Waals surface area contributed by atoms with Crippen molar-refractivity contribution in [2.75, 3.05) is 13.2 Å². The number of carbonyl (C=O) groups is 3. The van der Waals surface area contributed by atoms with Crippen molar-refractivity contribution in [1.82, 2.24) is 10.2 Å². The minimum absolute atomic E-state index is 0.154. The fourth-order valence-corrected chi connectivity index (χ4v) is 4.63. The van der Waals surface area contributed by atoms with Gasteiger partial charge in [0.2, 0.25) is 17.7 Å². The van der Waals surface area contributed by atoms with Gasteiger partial charge in [0.05, 0.1) is 17.9 Å². The minimum atomic E-state index is -0.801. The molecule has 1 fully saturated rings. The number of carbonyl (C=O) groups excluding carboxylic acids is 3. The lowest BCUT2D eigenvalue weighted by Gasteiger charge is -2.29. The Balaban J connectivity index is 1.52. The van der Waals surface area contributed by atoms with Crippen molar-refractivity contribution in [1.29, 1.82) is 0 Å². The molecular weight excluding hydrogens is 396 g/mol. The molecule has 3 amide bonds. The molecule has 1 aromatic carbocycles. The van der Waals surface area contributed by atoms with Crippen molar-refractivity contribution in [3.63, 3.8) is 0 Å². The normalized spacial score (nSPS) is 24.2. The van der Waals surface area contributed by atoms with Crippen LogP contribution in [-0.4, -0.2) is 41.9 Å². The maximum Gasteiger partial charge on any atom is 0.243 e. The molecule has 7 nitrogen and oxygen atoms in total. The van der Waals surface area contributed by atoms with Crippen molar-refractivity contribution in [2.24, 2.45) is 17.8 Å². The van der Waals surface area contributed by atoms with Gasteiger partial charge in [-0.25, -0.2) is 0 Å². The van der Waals surface area contributed by atoms with Gasteiger partial charge in [0.1, 0.15) is 19.3 Å². The Hall–Kier alpha value is -2.83. The summed E-state index contributed by atoms with van der Waals surface area (Å²) >= 11 is 0. The number of nitrogens with zero attached hydrogens (tertiary/aromatic N) is 1. The second-order valence-electron chi connectivity index (χ2n) is 8.98. The molecule has 4 rings (SSSR count). The summed E-state index contributed by atoms with van der Waals surface area (Å²) in [5.41, 5.74) is 0.873. The Morgan fingerprint density at radius 1 is 1.03 bits per heavy atom. The fraction of sp³-hybridized carbons (Fsp3) is 0.542. The molecule has 2 heterocycles. The molecule has 1 aliphatic carbocycles. The first kappa shape index (κ1) is 21.4. The van der Waals surface area contributed by atoms with E-state index in [0.29, 0.717) is 44.0 Å². The maximum absolute atomic E-state index is 13.3. The number of ether oxygens (including phenoxy) is 2. The molecule has 1 saturated heterocycles. The zero-order valence-electron chi connectivity index (χ0n) is 18.3. The lowest BCUT2D eigenvalue weighted by Crippen LogP contribution is -2.51. The summed E-state index contributed by atoms with van der Waals surface area (Å²) < 4.78 is 11.2. The van der Waals surface area contributed by atoms with E-state index in [-0.39, 0.29) is 41.5 Å². The van der Waals surface area contributed by atoms with Crippen LogP contribution in [-0.2, 0) is 14.4 Å². The van der Waals surface area contributed by atoms with Crippen molar-refractivity contribution in [3.05, 3.63) is 35.9 Å². The highest BCUT2D eigenvalue weighted by atomic mass is 16.6. The molecule has 7 heteroatoms. The topological polar surface area (TPSA) is 84.9 Å². The number of amides is 3. The number of imide groups is 1. The minimum Gasteiger partial charge on any atom is -0.486 e. The molecule has 0 aromatic heterocycles. The van der Waals surface area contributed by atoms with Gasteiger partial charge in [0, 0.05) is 0 Å². The molecule has 4 unspecified atom stereocenters. The average molecular weight is 427 g/mol. The standard InChI is InChI=1S/C24H30N2O5/c1-14(2)12-19(26-23(28)17-6-4-5-7-18(17)24(26)29)22(27)25-15(3)16-8-9-20-21(13-16)31-11-10-30-20/h4-5,8-9,13-15,17-19H,6-7,10-12H2,1-3H3,(H,25,27). The Bertz CT molecular complexity index is 883. The number of hydrogen-bond donors (Lipinski definition) is 1. The molecule has 166 valence electrons. The highest BCUT2D eigenvalue weighted by Gasteiger charge is 2.51. The van der Waals surface area contributed by atoms with Gasteiger partial charge in [-0.3, -0.25) is 19.3 Å². The summed E-state index contributed by atoms with van der Waals surface area (Å²) in [5.74, 6) is 0.0939. The fourth-order valence-electron chi connectivity index (χ4n) is 4.63. The van der Waals surface area contributed by atoms with Gasteiger partial charge in [-0.1, -0.05) is 32.1 Å². The zero-order chi connectivity index (χ0) is 22.1. The van der Waals surface area contributed by atoms with E-state index >= 15 is 0 Å². The number of allylic oxidation sites excluding steroid dienone is 2. The van der Waals surface area contributed by atoms with E-state index < -0.39 is 6.04 Å². The zero-order valence-corrected chi connectivity index (χ0v) is 18.3. The van der Waals surface area contributed by atoms with Gasteiger partial charge in [0.15, 0.2) is 11.5 Å². The molecule has 1 N–H and O–H groups in total. The van der Waals surface area contributed by atoms with Crippen LogP contribution in [0.4, 0.5) is 0 Å². The van der Waals surface area contributed by atoms with Crippen molar-refractivity contribution < 1.29 is 23.9 Å². The second kappa shape index (κ2) is 8.73. The van der Waals surface area contributed by atoms with E-state index in [0.717, 1.165) is 5.56 Å². The quantitative estimate of drug-likeness (QED) is 0.558. The summed E-state index contributed by atoms with van der Waals surface area (Å²) in [6.07, 6.45) is 5.48. The van der Waals surface area contributed by atoms with Crippen LogP contribution in [0.25, 0.3) is 0 Å². The summed E-state index contributed by atoms with van der Waals surface area (Å²) in [5, 5.41) is 3.01. The molecular formula is C24H30N2O5. The number of likely N-dealkylation sites (tertiary alicyclic amines) is 1. The number of hydrogen-bond acceptors (Lipinski definition) is 5. The van der Waals surface area contributed by atoms with Crippen LogP contribution in [0.5, 0.6) is 11.5 Å². The summed E-state index contributed by atoms with van der Waals surface area (Å²) in [6, 6.07) is 4.48. The Labute approximate surface area is 182 Å². The van der Waals surface area contributed by atoms with E-state index in [2.05, 4.69) is 5.32 Å². The summed E-state index contributed by atoms with van der Waals surface area (Å²) in [7, 11) is 0. The molecule has 2 aliphatic heterocycles. The first-order valence-electron chi connectivity index (χ1n) is 11.1. The molecule has 4 atom stereocenters. The van der Waals surface area contributed by atoms with Crippen LogP contribution in [0.3, 0.4) is 0 Å². The molecule has 0 saturated carbocycles. The SMILES string of the molecule is CC(C)CC(C(=O)NC(C)c1ccc2c(c1)OCCO2)N1C(=O)C2CC=CCC2C1=O. The summed E-state index contributed by atoms with van der Waals surface area (Å²) in [4.78, 5) is 40.7. The number of nitrogens with one attached hydrogen (secondary N) is 1. The van der Waals surface area contributed by atoms with Crippen molar-refractivity contribution >= 4 is 17.7 Å². The van der Waals surface area contributed by atoms with E-state index in [1.165, 1.54) is 4.90 Å². The number of rotatable bonds is 6. The Morgan fingerprint density at radius 3 is 2.26 bits per heavy atom. The predicted molar refractivity (Wildman–Crippen MR) is 114 cm³/mol. The van der Waals surface area contributed by atoms with Gasteiger partial charge in [-0.15, -0.1) is 0 Å². The summed E-state index contributed by atoms with van der Waals surface area (Å²) in [6.45, 7) is 6.87. The molecule has 1 aromatic rings. The van der Waals surface area contributed by atoms with E-state index in [1.54, 1.807) is 0 Å². The number of benzene rings is 1. The van der Waals surface area contributed by atoms with E-state index in [1.807, 2.05) is 51.1 Å².